The maximum atomic E-state index is 14.9. The van der Waals surface area contributed by atoms with Crippen molar-refractivity contribution >= 4 is 28.6 Å². The average molecular weight is 513 g/mol. The molecule has 3 N–H and O–H groups in total. The quantitative estimate of drug-likeness (QED) is 0.268. The number of ether oxygens (including phenoxy) is 1. The Bertz CT molecular complexity index is 1690. The van der Waals surface area contributed by atoms with Gasteiger partial charge in [0, 0.05) is 29.8 Å². The molecule has 5 aromatic rings. The van der Waals surface area contributed by atoms with Gasteiger partial charge in [-0.15, -0.1) is 0 Å². The van der Waals surface area contributed by atoms with Crippen molar-refractivity contribution < 1.29 is 13.9 Å². The molecule has 2 aromatic carbocycles. The third-order valence-corrected chi connectivity index (χ3v) is 5.73. The third kappa shape index (κ3) is 5.24. The summed E-state index contributed by atoms with van der Waals surface area (Å²) in [4.78, 5) is 31.1. The van der Waals surface area contributed by atoms with Crippen LogP contribution in [0.1, 0.15) is 26.5 Å². The van der Waals surface area contributed by atoms with Crippen molar-refractivity contribution in [1.29, 1.82) is 0 Å². The number of anilines is 2. The Labute approximate surface area is 217 Å². The first-order chi connectivity index (χ1) is 18.2. The summed E-state index contributed by atoms with van der Waals surface area (Å²) in [5.74, 6) is 0.370. The van der Waals surface area contributed by atoms with Crippen molar-refractivity contribution in [2.45, 2.75) is 26.2 Å². The number of nitrogens with zero attached hydrogens (tertiary/aromatic N) is 3. The molecule has 0 aliphatic rings. The molecule has 0 radical (unpaired) electrons. The number of aromatic amines is 1. The minimum atomic E-state index is -0.684. The summed E-state index contributed by atoms with van der Waals surface area (Å²) in [5, 5.41) is 10.5. The van der Waals surface area contributed by atoms with E-state index in [-0.39, 0.29) is 22.4 Å². The number of benzene rings is 2. The van der Waals surface area contributed by atoms with Crippen molar-refractivity contribution in [3.8, 4) is 17.2 Å². The normalized spacial score (nSPS) is 11.4. The molecule has 0 aliphatic heterocycles. The van der Waals surface area contributed by atoms with Crippen molar-refractivity contribution in [1.82, 2.24) is 19.7 Å². The Balaban J connectivity index is 1.34. The number of fused-ring (bicyclic) bond motifs is 1. The van der Waals surface area contributed by atoms with Crippen LogP contribution >= 0.6 is 0 Å². The predicted molar refractivity (Wildman–Crippen MR) is 144 cm³/mol. The van der Waals surface area contributed by atoms with Crippen LogP contribution in [-0.4, -0.2) is 25.8 Å². The molecule has 10 heteroatoms. The molecule has 0 fully saturated rings. The fraction of sp³-hybridized carbons (Fsp3) is 0.143. The van der Waals surface area contributed by atoms with Gasteiger partial charge in [-0.25, -0.2) is 18.9 Å². The molecule has 38 heavy (non-hydrogen) atoms. The Hall–Kier alpha value is -4.99. The first kappa shape index (κ1) is 24.7. The Morgan fingerprint density at radius 3 is 2.53 bits per heavy atom. The molecule has 9 nitrogen and oxygen atoms in total. The molecular formula is C28H25FN6O3. The minimum Gasteiger partial charge on any atom is -0.456 e. The van der Waals surface area contributed by atoms with E-state index in [2.05, 4.69) is 25.7 Å². The van der Waals surface area contributed by atoms with Crippen LogP contribution < -0.4 is 20.9 Å². The molecular weight excluding hydrogens is 487 g/mol. The minimum absolute atomic E-state index is 0.0272. The summed E-state index contributed by atoms with van der Waals surface area (Å²) < 4.78 is 22.4. The average Bonchev–Trinajstić information content (AvgIpc) is 3.30. The first-order valence-electron chi connectivity index (χ1n) is 11.9. The lowest BCUT2D eigenvalue weighted by atomic mass is 9.92. The molecule has 0 unspecified atom stereocenters. The second-order valence-corrected chi connectivity index (χ2v) is 9.63. The van der Waals surface area contributed by atoms with E-state index in [1.54, 1.807) is 22.9 Å². The molecule has 3 heterocycles. The maximum Gasteiger partial charge on any atom is 0.324 e. The fourth-order valence-electron chi connectivity index (χ4n) is 3.78. The van der Waals surface area contributed by atoms with Gasteiger partial charge in [0.1, 0.15) is 28.8 Å². The number of aromatic nitrogens is 4. The lowest BCUT2D eigenvalue weighted by Crippen LogP contribution is -2.21. The Kier molecular flexibility index (Phi) is 6.38. The highest BCUT2D eigenvalue weighted by atomic mass is 19.1. The molecule has 0 aliphatic carbocycles. The summed E-state index contributed by atoms with van der Waals surface area (Å²) in [7, 11) is 0. The van der Waals surface area contributed by atoms with Gasteiger partial charge in [-0.1, -0.05) is 39.0 Å². The molecule has 5 rings (SSSR count). The van der Waals surface area contributed by atoms with E-state index in [1.807, 2.05) is 51.1 Å². The van der Waals surface area contributed by atoms with Crippen LogP contribution in [0.5, 0.6) is 11.5 Å². The monoisotopic (exact) mass is 512 g/mol. The van der Waals surface area contributed by atoms with E-state index in [4.69, 9.17) is 4.74 Å². The number of H-pyrrole nitrogens is 1. The smallest absolute Gasteiger partial charge is 0.324 e. The molecule has 192 valence electrons. The van der Waals surface area contributed by atoms with Crippen LogP contribution in [0.25, 0.3) is 16.7 Å². The van der Waals surface area contributed by atoms with E-state index < -0.39 is 11.8 Å². The van der Waals surface area contributed by atoms with Gasteiger partial charge in [-0.3, -0.25) is 10.1 Å². The summed E-state index contributed by atoms with van der Waals surface area (Å²) in [6, 6.07) is 19.2. The number of halogens is 1. The molecule has 2 amide bonds. The van der Waals surface area contributed by atoms with Gasteiger partial charge in [0.05, 0.1) is 22.5 Å². The van der Waals surface area contributed by atoms with Gasteiger partial charge in [0.25, 0.3) is 0 Å². The number of pyridine rings is 2. The van der Waals surface area contributed by atoms with Crippen LogP contribution in [0.4, 0.5) is 20.7 Å². The van der Waals surface area contributed by atoms with E-state index in [1.165, 1.54) is 30.5 Å². The lowest BCUT2D eigenvalue weighted by molar-refractivity contribution is 0.262. The van der Waals surface area contributed by atoms with Gasteiger partial charge in [0.2, 0.25) is 5.56 Å². The number of carbonyl (C=O) groups is 1. The topological polar surface area (TPSA) is 114 Å². The fourth-order valence-corrected chi connectivity index (χ4v) is 3.78. The van der Waals surface area contributed by atoms with Crippen molar-refractivity contribution in [2.24, 2.45) is 0 Å². The zero-order valence-corrected chi connectivity index (χ0v) is 20.9. The van der Waals surface area contributed by atoms with Crippen molar-refractivity contribution in [2.75, 3.05) is 10.6 Å². The molecule has 0 saturated carbocycles. The number of urea groups is 1. The number of para-hydroxylation sites is 1. The van der Waals surface area contributed by atoms with Gasteiger partial charge in [-0.2, -0.15) is 5.10 Å². The van der Waals surface area contributed by atoms with Gasteiger partial charge in [-0.05, 0) is 36.4 Å². The van der Waals surface area contributed by atoms with E-state index >= 15 is 0 Å². The maximum absolute atomic E-state index is 14.9. The SMILES string of the molecule is CC(C)(C)c1cc(NC(=O)Nc2ccc(Oc3ccnc4[nH]c(=O)ccc34)cc2F)n(-c2ccccc2)n1. The summed E-state index contributed by atoms with van der Waals surface area (Å²) in [6.45, 7) is 6.09. The summed E-state index contributed by atoms with van der Waals surface area (Å²) in [5.41, 5.74) is 1.36. The van der Waals surface area contributed by atoms with Crippen molar-refractivity contribution in [3.63, 3.8) is 0 Å². The van der Waals surface area contributed by atoms with Gasteiger partial charge in [0.15, 0.2) is 0 Å². The van der Waals surface area contributed by atoms with Gasteiger partial charge >= 0.3 is 6.03 Å². The number of amides is 2. The molecule has 0 spiro atoms. The number of nitrogens with one attached hydrogen (secondary N) is 3. The Morgan fingerprint density at radius 2 is 1.79 bits per heavy atom. The second kappa shape index (κ2) is 9.81. The molecule has 0 bridgehead atoms. The predicted octanol–water partition coefficient (Wildman–Crippen LogP) is 5.98. The van der Waals surface area contributed by atoms with Crippen LogP contribution in [0, 0.1) is 5.82 Å². The number of hydrogen-bond acceptors (Lipinski definition) is 5. The third-order valence-electron chi connectivity index (χ3n) is 5.73. The second-order valence-electron chi connectivity index (χ2n) is 9.63. The van der Waals surface area contributed by atoms with Gasteiger partial charge < -0.3 is 15.0 Å². The summed E-state index contributed by atoms with van der Waals surface area (Å²) in [6.07, 6.45) is 1.48. The molecule has 0 atom stereocenters. The number of hydrogen-bond donors (Lipinski definition) is 3. The summed E-state index contributed by atoms with van der Waals surface area (Å²) >= 11 is 0. The highest BCUT2D eigenvalue weighted by molar-refractivity contribution is 5.99. The van der Waals surface area contributed by atoms with Crippen LogP contribution in [-0.2, 0) is 5.41 Å². The van der Waals surface area contributed by atoms with Crippen molar-refractivity contribution in [3.05, 3.63) is 101 Å². The standard InChI is InChI=1S/C28H25FN6O3/c1-28(2,3)23-16-24(35(34-23)17-7-5-4-6-8-17)32-27(37)31-21-11-9-18(15-20(21)29)38-22-13-14-30-26-19(22)10-12-25(36)33-26/h4-16H,1-3H3,(H,30,33,36)(H2,31,32,37). The number of rotatable bonds is 5. The largest absolute Gasteiger partial charge is 0.456 e. The zero-order valence-electron chi connectivity index (χ0n) is 20.9. The molecule has 0 saturated heterocycles. The highest BCUT2D eigenvalue weighted by Crippen LogP contribution is 2.30. The zero-order chi connectivity index (χ0) is 26.9. The van der Waals surface area contributed by atoms with E-state index in [0.29, 0.717) is 22.6 Å². The van der Waals surface area contributed by atoms with Crippen LogP contribution in [0.3, 0.4) is 0 Å². The Morgan fingerprint density at radius 1 is 1.00 bits per heavy atom. The van der Waals surface area contributed by atoms with Crippen LogP contribution in [0.2, 0.25) is 0 Å². The van der Waals surface area contributed by atoms with Crippen LogP contribution in [0.15, 0.2) is 83.8 Å². The van der Waals surface area contributed by atoms with E-state index in [9.17, 15) is 14.0 Å². The lowest BCUT2D eigenvalue weighted by Gasteiger charge is -2.14. The first-order valence-corrected chi connectivity index (χ1v) is 11.9. The molecule has 3 aromatic heterocycles. The highest BCUT2D eigenvalue weighted by Gasteiger charge is 2.22. The number of carbonyl (C=O) groups excluding carboxylic acids is 1. The van der Waals surface area contributed by atoms with E-state index in [0.717, 1.165) is 11.4 Å².